The molecule has 28 nitrogen and oxygen atoms in total. The Morgan fingerprint density at radius 3 is 1.48 bits per heavy atom. The molecule has 0 radical (unpaired) electrons. The van der Waals surface area contributed by atoms with Crippen molar-refractivity contribution in [2.24, 2.45) is 5.16 Å². The lowest BCUT2D eigenvalue weighted by atomic mass is 9.76. The van der Waals surface area contributed by atoms with E-state index in [1.54, 1.807) is 71.9 Å². The molecule has 12 aromatic rings. The molecule has 30 heteroatoms. The second-order valence-electron chi connectivity index (χ2n) is 33.7. The number of hydrogen-bond acceptors (Lipinski definition) is 24. The first-order valence-corrected chi connectivity index (χ1v) is 40.7. The van der Waals surface area contributed by atoms with Crippen LogP contribution in [0, 0.1) is 11.6 Å². The molecule has 0 amide bonds. The van der Waals surface area contributed by atoms with Gasteiger partial charge in [0.1, 0.15) is 30.0 Å². The molecule has 16 heterocycles. The molecule has 4 N–H and O–H groups in total. The predicted octanol–water partition coefficient (Wildman–Crippen LogP) is 11.3. The number of fused-ring (bicyclic) bond motifs is 22. The van der Waals surface area contributed by atoms with E-state index in [1.165, 1.54) is 16.6 Å². The fraction of sp³-hybridized carbons (Fsp3) is 0.344. The van der Waals surface area contributed by atoms with Crippen LogP contribution in [0.2, 0.25) is 0 Å². The molecule has 123 heavy (non-hydrogen) atoms. The van der Waals surface area contributed by atoms with Crippen LogP contribution in [0.1, 0.15) is 185 Å². The molecule has 4 atom stereocenters. The van der Waals surface area contributed by atoms with Crippen LogP contribution < -0.4 is 41.2 Å². The molecule has 8 aromatic heterocycles. The monoisotopic (exact) mass is 1670 g/mol. The molecular weight excluding hydrogens is 1590 g/mol. The summed E-state index contributed by atoms with van der Waals surface area (Å²) >= 11 is 0. The van der Waals surface area contributed by atoms with Crippen LogP contribution in [0.4, 0.5) is 8.78 Å². The summed E-state index contributed by atoms with van der Waals surface area (Å²) in [5, 5.41) is 51.5. The van der Waals surface area contributed by atoms with E-state index in [1.807, 2.05) is 81.4 Å². The number of Topliss-reactive ketones (excluding diaryl/α,β-unsaturated/α-hetero) is 3. The summed E-state index contributed by atoms with van der Waals surface area (Å²) in [5.74, 6) is -0.658. The molecule has 628 valence electrons. The second-order valence-corrected chi connectivity index (χ2v) is 33.7. The van der Waals surface area contributed by atoms with Gasteiger partial charge in [-0.1, -0.05) is 64.9 Å². The van der Waals surface area contributed by atoms with Crippen molar-refractivity contribution in [3.63, 3.8) is 0 Å². The smallest absolute Gasteiger partial charge is 0.343 e. The zero-order valence-corrected chi connectivity index (χ0v) is 67.3. The second kappa shape index (κ2) is 28.6. The maximum Gasteiger partial charge on any atom is 0.343 e. The highest BCUT2D eigenvalue weighted by Gasteiger charge is 2.50. The third kappa shape index (κ3) is 12.1. The first-order valence-electron chi connectivity index (χ1n) is 40.7. The number of ketones is 3. The van der Waals surface area contributed by atoms with Gasteiger partial charge >= 0.3 is 5.97 Å². The van der Waals surface area contributed by atoms with Crippen LogP contribution in [-0.2, 0) is 108 Å². The number of esters is 1. The molecule has 0 unspecified atom stereocenters. The number of oxime groups is 1. The van der Waals surface area contributed by atoms with E-state index >= 15 is 0 Å². The van der Waals surface area contributed by atoms with Gasteiger partial charge < -0.3 is 72.0 Å². The Labute approximate surface area is 698 Å². The summed E-state index contributed by atoms with van der Waals surface area (Å²) in [4.78, 5) is 127. The van der Waals surface area contributed by atoms with Crippen molar-refractivity contribution in [1.29, 1.82) is 0 Å². The Morgan fingerprint density at radius 2 is 0.919 bits per heavy atom. The molecule has 3 aliphatic carbocycles. The first kappa shape index (κ1) is 79.9. The molecule has 1 fully saturated rings. The Balaban J connectivity index is 0.000000108. The topological polar surface area (TPSA) is 366 Å². The van der Waals surface area contributed by atoms with E-state index in [9.17, 15) is 67.6 Å². The quantitative estimate of drug-likeness (QED) is 0.0654. The number of pyridine rings is 8. The molecule has 4 aromatic carbocycles. The van der Waals surface area contributed by atoms with Crippen molar-refractivity contribution >= 4 is 73.1 Å². The molecule has 0 spiro atoms. The normalized spacial score (nSPS) is 20.7. The molecular formula is C93H83F2N9O19. The Morgan fingerprint density at radius 1 is 0.472 bits per heavy atom. The summed E-state index contributed by atoms with van der Waals surface area (Å²) in [5.41, 5.74) is 7.37. The van der Waals surface area contributed by atoms with E-state index in [-0.39, 0.29) is 136 Å². The number of carbonyl (C=O) groups excluding carboxylic acids is 4. The lowest BCUT2D eigenvalue weighted by molar-refractivity contribution is -0.172. The Bertz CT molecular complexity index is 7080. The van der Waals surface area contributed by atoms with Gasteiger partial charge in [-0.3, -0.25) is 33.6 Å². The molecule has 1 saturated carbocycles. The van der Waals surface area contributed by atoms with Crippen LogP contribution in [0.3, 0.4) is 0 Å². The summed E-state index contributed by atoms with van der Waals surface area (Å²) in [7, 11) is 0. The number of halogens is 2. The number of benzene rings is 4. The first-order chi connectivity index (χ1) is 58.4. The van der Waals surface area contributed by atoms with Gasteiger partial charge in [0.15, 0.2) is 63.2 Å². The summed E-state index contributed by atoms with van der Waals surface area (Å²) in [6.07, 6.45) is 5.74. The standard InChI is InChI=1S/C25H25N3O5.C25H22N2O5.C21H16F2N2O4.C21H16N2O5.CH4/c1-5-25(31)18-10-20-21-16(12-28(20)22(29)17(18)13-32-23(25)30)15(11-26-33-24(2,3)4)14-8-6-7-9-19(14)27-21;1-2-25(30)16-8-18-23-15(10-27(18)24(29)13(16)7-21(25)28)22(12-4-3-5-12)14-6-19-20(32-11-31-19)9-17(14)26-23;1-2-21(28)13-5-17-19-11(3-10-4-14(22)15(23)6-16(10)24-19)7-25(17)20(27)12(13)8-29-9-18(21)26;1-2-21(26)13-6-15-19-11(8-23(15)20(25)12(13)5-18(21)24)3-10-4-16-17(28-9-27-16)7-14(10)22-19;/h6-11,31H,5,12-13H2,1-4H3;6,8-9,12,30H,2-5,7,10-11H2,1H3;3-6,28H,2,7-9H2,1H3;3-4,6-7,26H,2,5,8-9H2,1H3;1H4/b26-11+;;;;/t2*25-;2*21-;/m0000./s1. The minimum Gasteiger partial charge on any atom is -0.458 e. The Hall–Kier alpha value is -12.9. The molecule has 8 aliphatic heterocycles. The van der Waals surface area contributed by atoms with Gasteiger partial charge in [-0.25, -0.2) is 33.5 Å². The van der Waals surface area contributed by atoms with Gasteiger partial charge in [-0.15, -0.1) is 0 Å². The predicted molar refractivity (Wildman–Crippen MR) is 445 cm³/mol. The maximum absolute atomic E-state index is 13.7. The van der Waals surface area contributed by atoms with Gasteiger partial charge in [-0.05, 0) is 131 Å². The fourth-order valence-corrected chi connectivity index (χ4v) is 19.0. The van der Waals surface area contributed by atoms with E-state index in [2.05, 4.69) is 10.1 Å². The molecule has 0 bridgehead atoms. The van der Waals surface area contributed by atoms with Gasteiger partial charge in [0.2, 0.25) is 13.6 Å². The van der Waals surface area contributed by atoms with Crippen molar-refractivity contribution < 1.29 is 81.6 Å². The lowest BCUT2D eigenvalue weighted by Crippen LogP contribution is -2.44. The zero-order valence-electron chi connectivity index (χ0n) is 67.3. The van der Waals surface area contributed by atoms with E-state index in [0.29, 0.717) is 127 Å². The highest BCUT2D eigenvalue weighted by Crippen LogP contribution is 2.51. The van der Waals surface area contributed by atoms with Gasteiger partial charge in [0.25, 0.3) is 22.2 Å². The van der Waals surface area contributed by atoms with Crippen LogP contribution in [0.15, 0.2) is 121 Å². The molecule has 23 rings (SSSR count). The number of hydrogen-bond donors (Lipinski definition) is 4. The van der Waals surface area contributed by atoms with Crippen LogP contribution in [0.5, 0.6) is 23.0 Å². The zero-order chi connectivity index (χ0) is 85.0. The van der Waals surface area contributed by atoms with Crippen molar-refractivity contribution in [3.05, 3.63) is 228 Å². The van der Waals surface area contributed by atoms with Crippen LogP contribution in [-0.4, -0.2) is 114 Å². The van der Waals surface area contributed by atoms with Crippen molar-refractivity contribution in [2.75, 3.05) is 20.2 Å². The third-order valence-electron chi connectivity index (χ3n) is 25.9. The number of cyclic esters (lactones) is 1. The summed E-state index contributed by atoms with van der Waals surface area (Å²) in [6, 6.07) is 28.0. The van der Waals surface area contributed by atoms with Gasteiger partial charge in [-0.2, -0.15) is 0 Å². The number of para-hydroxylation sites is 1. The van der Waals surface area contributed by atoms with Crippen LogP contribution >= 0.6 is 0 Å². The molecule has 0 saturated heterocycles. The Kier molecular flexibility index (Phi) is 18.6. The lowest BCUT2D eigenvalue weighted by Gasteiger charge is -2.31. The number of ether oxygens (including phenoxy) is 6. The van der Waals surface area contributed by atoms with E-state index in [4.69, 9.17) is 48.2 Å². The average molecular weight is 1670 g/mol. The van der Waals surface area contributed by atoms with Crippen molar-refractivity contribution in [2.45, 2.75) is 187 Å². The number of aliphatic hydroxyl groups is 4. The minimum atomic E-state index is -1.85. The number of nitrogens with zero attached hydrogens (tertiary/aromatic N) is 9. The van der Waals surface area contributed by atoms with E-state index < -0.39 is 51.4 Å². The van der Waals surface area contributed by atoms with Gasteiger partial charge in [0, 0.05) is 119 Å². The summed E-state index contributed by atoms with van der Waals surface area (Å²) < 4.78 is 66.3. The number of carbonyl (C=O) groups is 4. The van der Waals surface area contributed by atoms with E-state index in [0.717, 1.165) is 91.4 Å². The van der Waals surface area contributed by atoms with Gasteiger partial charge in [0.05, 0.1) is 112 Å². The molecule has 11 aliphatic rings. The average Bonchev–Trinajstić information content (AvgIpc) is 1.60. The van der Waals surface area contributed by atoms with Crippen molar-refractivity contribution in [3.8, 4) is 68.5 Å². The SMILES string of the molecule is C.CC[C@@]1(O)C(=O)COCc2c1cc1n(c2=O)Cc2cc3cc(F)c(F)cc3nc2-1.CC[C@@]1(O)C(=O)Cc2c1cc1n(c2=O)Cc2c-1nc1cc3c(cc1c2C1CCC1)OCO3.CC[C@@]1(O)C(=O)Cc2c1cc1n(c2=O)Cc2cc3cc4c(cc3nc2-1)OCO4.CC[C@@]1(O)C(=O)OCc2c1cc1n(c2=O)Cc2c-1nc1ccccc1c2/C=N/OC(C)(C)C. The largest absolute Gasteiger partial charge is 0.458 e. The highest BCUT2D eigenvalue weighted by molar-refractivity contribution is 6.03. The third-order valence-corrected chi connectivity index (χ3v) is 25.9. The maximum atomic E-state index is 13.7. The highest BCUT2D eigenvalue weighted by atomic mass is 19.2. The van der Waals surface area contributed by atoms with Crippen molar-refractivity contribution in [1.82, 2.24) is 38.2 Å². The fourth-order valence-electron chi connectivity index (χ4n) is 19.0. The van der Waals surface area contributed by atoms with Crippen LogP contribution in [0.25, 0.3) is 89.2 Å². The number of aromatic nitrogens is 8. The minimum absolute atomic E-state index is 0. The number of rotatable bonds is 7. The summed E-state index contributed by atoms with van der Waals surface area (Å²) in [6.45, 7) is 13.8.